The minimum atomic E-state index is -0.572. The first-order chi connectivity index (χ1) is 19.8. The minimum absolute atomic E-state index is 0.178. The highest BCUT2D eigenvalue weighted by Crippen LogP contribution is 2.32. The maximum Gasteiger partial charge on any atom is 0.340 e. The number of anilines is 1. The van der Waals surface area contributed by atoms with Crippen LogP contribution in [0.3, 0.4) is 0 Å². The van der Waals surface area contributed by atoms with E-state index < -0.39 is 5.97 Å². The third kappa shape index (κ3) is 7.13. The molecule has 1 heterocycles. The predicted molar refractivity (Wildman–Crippen MR) is 155 cm³/mol. The average molecular weight is 557 g/mol. The van der Waals surface area contributed by atoms with E-state index in [9.17, 15) is 14.4 Å². The van der Waals surface area contributed by atoms with Crippen LogP contribution in [0.1, 0.15) is 18.1 Å². The normalized spacial score (nSPS) is 13.8. The summed E-state index contributed by atoms with van der Waals surface area (Å²) in [7, 11) is 4.48. The summed E-state index contributed by atoms with van der Waals surface area (Å²) in [5.41, 5.74) is 3.40. The van der Waals surface area contributed by atoms with E-state index in [0.717, 1.165) is 11.3 Å². The third-order valence-electron chi connectivity index (χ3n) is 6.62. The van der Waals surface area contributed by atoms with Crippen molar-refractivity contribution in [2.75, 3.05) is 39.8 Å². The van der Waals surface area contributed by atoms with E-state index in [1.165, 1.54) is 7.11 Å². The number of rotatable bonds is 11. The van der Waals surface area contributed by atoms with Gasteiger partial charge >= 0.3 is 5.97 Å². The Morgan fingerprint density at radius 2 is 1.41 bits per heavy atom. The number of esters is 1. The number of allylic oxidation sites excluding steroid dienone is 1. The molecule has 0 saturated heterocycles. The van der Waals surface area contributed by atoms with Crippen molar-refractivity contribution in [2.45, 2.75) is 13.3 Å². The average Bonchev–Trinajstić information content (AvgIpc) is 3.23. The van der Waals surface area contributed by atoms with Gasteiger partial charge in [0.15, 0.2) is 6.61 Å². The van der Waals surface area contributed by atoms with E-state index >= 15 is 0 Å². The molecule has 0 unspecified atom stereocenters. The van der Waals surface area contributed by atoms with Gasteiger partial charge in [-0.05, 0) is 79.1 Å². The van der Waals surface area contributed by atoms with Crippen molar-refractivity contribution in [1.29, 1.82) is 0 Å². The second kappa shape index (κ2) is 13.3. The quantitative estimate of drug-likeness (QED) is 0.271. The monoisotopic (exact) mass is 556 g/mol. The molecule has 0 atom stereocenters. The van der Waals surface area contributed by atoms with Crippen LogP contribution in [0.4, 0.5) is 5.69 Å². The van der Waals surface area contributed by atoms with Gasteiger partial charge in [0.05, 0.1) is 32.5 Å². The molecule has 9 nitrogen and oxygen atoms in total. The molecule has 0 fully saturated rings. The second-order valence-corrected chi connectivity index (χ2v) is 9.20. The van der Waals surface area contributed by atoms with Crippen LogP contribution < -0.4 is 19.5 Å². The van der Waals surface area contributed by atoms with E-state index in [1.807, 2.05) is 24.3 Å². The van der Waals surface area contributed by atoms with Crippen LogP contribution in [0.2, 0.25) is 0 Å². The number of hydrogen-bond acceptors (Lipinski definition) is 7. The molecule has 1 aliphatic heterocycles. The summed E-state index contributed by atoms with van der Waals surface area (Å²) in [4.78, 5) is 39.9. The summed E-state index contributed by atoms with van der Waals surface area (Å²) in [6, 6.07) is 21.5. The Bertz CT molecular complexity index is 1460. The largest absolute Gasteiger partial charge is 0.497 e. The van der Waals surface area contributed by atoms with Crippen LogP contribution in [0.5, 0.6) is 17.2 Å². The fraction of sp³-hybridized carbons (Fsp3) is 0.219. The summed E-state index contributed by atoms with van der Waals surface area (Å²) in [6.45, 7) is 1.97. The van der Waals surface area contributed by atoms with Gasteiger partial charge in [-0.15, -0.1) is 0 Å². The molecular formula is C32H32N2O7. The maximum atomic E-state index is 13.4. The molecule has 3 aromatic carbocycles. The SMILES string of the molecule is COC(=O)C1=C(C)N(CCc2ccc(OC)cc2)C(=O)/C1=C\c1ccc(OCC(=O)Nc2ccc(OC)cc2)cc1. The summed E-state index contributed by atoms with van der Waals surface area (Å²) in [6.07, 6.45) is 2.26. The van der Waals surface area contributed by atoms with Crippen LogP contribution in [0.15, 0.2) is 89.6 Å². The zero-order valence-corrected chi connectivity index (χ0v) is 23.4. The molecule has 9 heteroatoms. The molecule has 0 aromatic heterocycles. The van der Waals surface area contributed by atoms with Crippen molar-refractivity contribution < 1.29 is 33.3 Å². The molecule has 0 saturated carbocycles. The standard InChI is InChI=1S/C32H32N2O7/c1-21-30(32(37)40-4)28(31(36)34(21)18-17-22-5-11-25(38-2)12-6-22)19-23-7-13-27(14-8-23)41-20-29(35)33-24-9-15-26(39-3)16-10-24/h5-16,19H,17-18,20H2,1-4H3,(H,33,35)/b28-19-. The van der Waals surface area contributed by atoms with Crippen molar-refractivity contribution in [3.63, 3.8) is 0 Å². The Morgan fingerprint density at radius 3 is 2.00 bits per heavy atom. The fourth-order valence-electron chi connectivity index (χ4n) is 4.38. The van der Waals surface area contributed by atoms with Gasteiger partial charge in [0.25, 0.3) is 11.8 Å². The molecule has 0 spiro atoms. The summed E-state index contributed by atoms with van der Waals surface area (Å²) in [5, 5.41) is 2.76. The highest BCUT2D eigenvalue weighted by Gasteiger charge is 2.36. The Balaban J connectivity index is 1.41. The number of carbonyl (C=O) groups is 3. The van der Waals surface area contributed by atoms with E-state index in [1.54, 1.807) is 80.7 Å². The molecular weight excluding hydrogens is 524 g/mol. The first-order valence-electron chi connectivity index (χ1n) is 13.0. The van der Waals surface area contributed by atoms with Gasteiger partial charge in [-0.25, -0.2) is 4.79 Å². The van der Waals surface area contributed by atoms with E-state index in [0.29, 0.717) is 41.4 Å². The van der Waals surface area contributed by atoms with Gasteiger partial charge in [0, 0.05) is 17.9 Å². The Labute approximate surface area is 239 Å². The highest BCUT2D eigenvalue weighted by molar-refractivity contribution is 6.16. The number of benzene rings is 3. The number of amides is 2. The number of nitrogens with zero attached hydrogens (tertiary/aromatic N) is 1. The topological polar surface area (TPSA) is 103 Å². The maximum absolute atomic E-state index is 13.4. The molecule has 1 N–H and O–H groups in total. The van der Waals surface area contributed by atoms with Crippen LogP contribution >= 0.6 is 0 Å². The Kier molecular flexibility index (Phi) is 9.42. The fourth-order valence-corrected chi connectivity index (χ4v) is 4.38. The molecule has 41 heavy (non-hydrogen) atoms. The van der Waals surface area contributed by atoms with E-state index in [4.69, 9.17) is 18.9 Å². The lowest BCUT2D eigenvalue weighted by Gasteiger charge is -2.18. The van der Waals surface area contributed by atoms with E-state index in [2.05, 4.69) is 5.32 Å². The molecule has 212 valence electrons. The van der Waals surface area contributed by atoms with Crippen molar-refractivity contribution in [3.8, 4) is 17.2 Å². The first-order valence-corrected chi connectivity index (χ1v) is 13.0. The van der Waals surface area contributed by atoms with Gasteiger partial charge in [-0.1, -0.05) is 24.3 Å². The zero-order chi connectivity index (χ0) is 29.4. The molecule has 1 aliphatic rings. The zero-order valence-electron chi connectivity index (χ0n) is 23.4. The van der Waals surface area contributed by atoms with Gasteiger partial charge in [-0.3, -0.25) is 9.59 Å². The van der Waals surface area contributed by atoms with Crippen LogP contribution in [0.25, 0.3) is 6.08 Å². The lowest BCUT2D eigenvalue weighted by molar-refractivity contribution is -0.136. The number of carbonyl (C=O) groups excluding carboxylic acids is 3. The van der Waals surface area contributed by atoms with Crippen molar-refractivity contribution >= 4 is 29.5 Å². The van der Waals surface area contributed by atoms with Crippen LogP contribution in [-0.4, -0.2) is 57.2 Å². The van der Waals surface area contributed by atoms with Gasteiger partial charge in [0.1, 0.15) is 17.2 Å². The molecule has 0 aliphatic carbocycles. The molecule has 0 radical (unpaired) electrons. The lowest BCUT2D eigenvalue weighted by atomic mass is 10.0. The Morgan fingerprint density at radius 1 is 0.829 bits per heavy atom. The van der Waals surface area contributed by atoms with Crippen LogP contribution in [0, 0.1) is 0 Å². The third-order valence-corrected chi connectivity index (χ3v) is 6.62. The highest BCUT2D eigenvalue weighted by atomic mass is 16.5. The van der Waals surface area contributed by atoms with Gasteiger partial charge in [-0.2, -0.15) is 0 Å². The summed E-state index contributed by atoms with van der Waals surface area (Å²) >= 11 is 0. The molecule has 0 bridgehead atoms. The number of hydrogen-bond donors (Lipinski definition) is 1. The van der Waals surface area contributed by atoms with Gasteiger partial charge in [0.2, 0.25) is 0 Å². The molecule has 3 aromatic rings. The second-order valence-electron chi connectivity index (χ2n) is 9.20. The smallest absolute Gasteiger partial charge is 0.340 e. The Hall–Kier alpha value is -5.05. The minimum Gasteiger partial charge on any atom is -0.497 e. The number of ether oxygens (including phenoxy) is 4. The molecule has 2 amide bonds. The van der Waals surface area contributed by atoms with Crippen LogP contribution in [-0.2, 0) is 25.5 Å². The summed E-state index contributed by atoms with van der Waals surface area (Å²) < 4.78 is 20.9. The summed E-state index contributed by atoms with van der Waals surface area (Å²) in [5.74, 6) is 0.781. The lowest BCUT2D eigenvalue weighted by Crippen LogP contribution is -2.27. The molecule has 4 rings (SSSR count). The van der Waals surface area contributed by atoms with E-state index in [-0.39, 0.29) is 29.6 Å². The van der Waals surface area contributed by atoms with Gasteiger partial charge < -0.3 is 29.2 Å². The first kappa shape index (κ1) is 28.9. The van der Waals surface area contributed by atoms with Crippen molar-refractivity contribution in [3.05, 3.63) is 101 Å². The number of methoxy groups -OCH3 is 3. The van der Waals surface area contributed by atoms with Crippen molar-refractivity contribution in [2.24, 2.45) is 0 Å². The number of nitrogens with one attached hydrogen (secondary N) is 1. The van der Waals surface area contributed by atoms with Crippen molar-refractivity contribution in [1.82, 2.24) is 4.90 Å². The predicted octanol–water partition coefficient (Wildman–Crippen LogP) is 4.64.